The van der Waals surface area contributed by atoms with E-state index < -0.39 is 15.8 Å². The van der Waals surface area contributed by atoms with Crippen LogP contribution in [0.3, 0.4) is 0 Å². The second-order valence-electron chi connectivity index (χ2n) is 5.19. The summed E-state index contributed by atoms with van der Waals surface area (Å²) in [6.45, 7) is 0.627. The number of aromatic carboxylic acids is 1. The van der Waals surface area contributed by atoms with E-state index in [4.69, 9.17) is 14.2 Å². The number of hydrogen-bond donors (Lipinski definition) is 1. The van der Waals surface area contributed by atoms with E-state index in [1.807, 2.05) is 0 Å². The van der Waals surface area contributed by atoms with Gasteiger partial charge in [0.2, 0.25) is 0 Å². The van der Waals surface area contributed by atoms with Gasteiger partial charge in [-0.1, -0.05) is 0 Å². The van der Waals surface area contributed by atoms with E-state index in [1.54, 1.807) is 6.07 Å². The molecule has 0 aliphatic rings. The maximum absolute atomic E-state index is 11.5. The zero-order chi connectivity index (χ0) is 18.4. The molecule has 134 valence electrons. The van der Waals surface area contributed by atoms with Crippen LogP contribution in [0.25, 0.3) is 0 Å². The van der Waals surface area contributed by atoms with Gasteiger partial charge in [-0.3, -0.25) is 0 Å². The summed E-state index contributed by atoms with van der Waals surface area (Å²) in [6.07, 6.45) is 1.11. The Kier molecular flexibility index (Phi) is 6.00. The zero-order valence-corrected chi connectivity index (χ0v) is 14.6. The fraction of sp³-hybridized carbons (Fsp3) is 0.235. The first-order chi connectivity index (χ1) is 11.8. The van der Waals surface area contributed by atoms with Crippen molar-refractivity contribution in [2.45, 2.75) is 4.90 Å². The van der Waals surface area contributed by atoms with Gasteiger partial charge in [0.15, 0.2) is 9.84 Å². The largest absolute Gasteiger partial charge is 0.491 e. The summed E-state index contributed by atoms with van der Waals surface area (Å²) < 4.78 is 38.8. The van der Waals surface area contributed by atoms with Crippen molar-refractivity contribution in [2.75, 3.05) is 26.6 Å². The fourth-order valence-electron chi connectivity index (χ4n) is 1.97. The second kappa shape index (κ2) is 8.00. The Morgan fingerprint density at radius 1 is 1.00 bits per heavy atom. The van der Waals surface area contributed by atoms with Crippen molar-refractivity contribution in [3.63, 3.8) is 0 Å². The van der Waals surface area contributed by atoms with Gasteiger partial charge < -0.3 is 19.3 Å². The van der Waals surface area contributed by atoms with Crippen LogP contribution in [-0.4, -0.2) is 46.1 Å². The van der Waals surface area contributed by atoms with E-state index in [0.717, 1.165) is 6.26 Å². The number of benzene rings is 2. The van der Waals surface area contributed by atoms with Crippen molar-refractivity contribution in [3.05, 3.63) is 48.0 Å². The van der Waals surface area contributed by atoms with Gasteiger partial charge in [-0.15, -0.1) is 0 Å². The Hall–Kier alpha value is -2.58. The molecule has 0 heterocycles. The monoisotopic (exact) mass is 366 g/mol. The van der Waals surface area contributed by atoms with Gasteiger partial charge in [-0.2, -0.15) is 0 Å². The van der Waals surface area contributed by atoms with Gasteiger partial charge in [0.1, 0.15) is 23.9 Å². The van der Waals surface area contributed by atoms with Gasteiger partial charge in [-0.25, -0.2) is 13.2 Å². The Morgan fingerprint density at radius 3 is 2.20 bits per heavy atom. The van der Waals surface area contributed by atoms with E-state index in [2.05, 4.69) is 0 Å². The van der Waals surface area contributed by atoms with E-state index in [0.29, 0.717) is 18.1 Å². The number of ether oxygens (including phenoxy) is 3. The first-order valence-electron chi connectivity index (χ1n) is 7.27. The third-order valence-electron chi connectivity index (χ3n) is 3.17. The molecular weight excluding hydrogens is 348 g/mol. The molecule has 0 spiro atoms. The lowest BCUT2D eigenvalue weighted by molar-refractivity contribution is 0.0695. The number of sulfone groups is 1. The third kappa shape index (κ3) is 5.47. The molecule has 0 unspecified atom stereocenters. The van der Waals surface area contributed by atoms with Gasteiger partial charge in [-0.05, 0) is 36.4 Å². The summed E-state index contributed by atoms with van der Waals surface area (Å²) in [5.41, 5.74) is 0.0117. The number of rotatable bonds is 8. The highest BCUT2D eigenvalue weighted by Gasteiger charge is 2.11. The lowest BCUT2D eigenvalue weighted by atomic mass is 10.2. The molecule has 2 rings (SSSR count). The molecule has 2 aromatic rings. The minimum absolute atomic E-state index is 0.0117. The number of hydrogen-bond acceptors (Lipinski definition) is 6. The van der Waals surface area contributed by atoms with E-state index in [-0.39, 0.29) is 22.8 Å². The molecule has 0 aromatic heterocycles. The Balaban J connectivity index is 2.23. The van der Waals surface area contributed by atoms with E-state index >= 15 is 0 Å². The van der Waals surface area contributed by atoms with Crippen molar-refractivity contribution >= 4 is 15.8 Å². The molecule has 2 aromatic carbocycles. The van der Waals surface area contributed by atoms with Crippen molar-refractivity contribution < 1.29 is 32.5 Å². The van der Waals surface area contributed by atoms with E-state index in [1.165, 1.54) is 43.5 Å². The van der Waals surface area contributed by atoms with Crippen LogP contribution < -0.4 is 9.47 Å². The highest BCUT2D eigenvalue weighted by Crippen LogP contribution is 2.28. The molecule has 7 nitrogen and oxygen atoms in total. The van der Waals surface area contributed by atoms with Crippen LogP contribution in [0.15, 0.2) is 47.4 Å². The molecule has 25 heavy (non-hydrogen) atoms. The molecule has 0 bridgehead atoms. The average Bonchev–Trinajstić information content (AvgIpc) is 2.54. The van der Waals surface area contributed by atoms with Crippen LogP contribution in [0.1, 0.15) is 10.4 Å². The summed E-state index contributed by atoms with van der Waals surface area (Å²) in [4.78, 5) is 11.4. The summed E-state index contributed by atoms with van der Waals surface area (Å²) >= 11 is 0. The van der Waals surface area contributed by atoms with Gasteiger partial charge in [0, 0.05) is 19.4 Å². The topological polar surface area (TPSA) is 99.1 Å². The Bertz CT molecular complexity index is 842. The van der Waals surface area contributed by atoms with Crippen LogP contribution in [0.4, 0.5) is 0 Å². The van der Waals surface area contributed by atoms with E-state index in [9.17, 15) is 18.3 Å². The summed E-state index contributed by atoms with van der Waals surface area (Å²) in [5.74, 6) is -0.147. The van der Waals surface area contributed by atoms with Crippen molar-refractivity contribution in [1.29, 1.82) is 0 Å². The molecule has 0 amide bonds. The summed E-state index contributed by atoms with van der Waals surface area (Å²) in [5, 5.41) is 9.19. The highest BCUT2D eigenvalue weighted by molar-refractivity contribution is 7.90. The first kappa shape index (κ1) is 18.8. The fourth-order valence-corrected chi connectivity index (χ4v) is 2.60. The van der Waals surface area contributed by atoms with Crippen LogP contribution >= 0.6 is 0 Å². The van der Waals surface area contributed by atoms with Crippen LogP contribution in [0, 0.1) is 0 Å². The maximum Gasteiger partial charge on any atom is 0.335 e. The molecule has 8 heteroatoms. The predicted molar refractivity (Wildman–Crippen MR) is 90.4 cm³/mol. The quantitative estimate of drug-likeness (QED) is 0.717. The van der Waals surface area contributed by atoms with Crippen molar-refractivity contribution in [3.8, 4) is 17.2 Å². The lowest BCUT2D eigenvalue weighted by Gasteiger charge is -2.11. The molecule has 0 aliphatic heterocycles. The molecule has 0 fully saturated rings. The number of carboxylic acids is 1. The Labute approximate surface area is 145 Å². The molecule has 1 N–H and O–H groups in total. The van der Waals surface area contributed by atoms with Crippen LogP contribution in [-0.2, 0) is 14.6 Å². The Morgan fingerprint density at radius 2 is 1.64 bits per heavy atom. The maximum atomic E-state index is 11.5. The number of carboxylic acid groups (broad SMARTS) is 1. The van der Waals surface area contributed by atoms with Gasteiger partial charge in [0.25, 0.3) is 0 Å². The lowest BCUT2D eigenvalue weighted by Crippen LogP contribution is -2.05. The minimum atomic E-state index is -3.30. The highest BCUT2D eigenvalue weighted by atomic mass is 32.2. The van der Waals surface area contributed by atoms with Crippen LogP contribution in [0.5, 0.6) is 17.2 Å². The first-order valence-corrected chi connectivity index (χ1v) is 9.17. The zero-order valence-electron chi connectivity index (χ0n) is 13.8. The molecule has 0 saturated carbocycles. The van der Waals surface area contributed by atoms with Crippen molar-refractivity contribution in [1.82, 2.24) is 0 Å². The van der Waals surface area contributed by atoms with Crippen LogP contribution in [0.2, 0.25) is 0 Å². The molecule has 0 radical (unpaired) electrons. The summed E-state index contributed by atoms with van der Waals surface area (Å²) in [6, 6.07) is 10.1. The third-order valence-corrected chi connectivity index (χ3v) is 4.30. The van der Waals surface area contributed by atoms with Gasteiger partial charge in [0.05, 0.1) is 17.1 Å². The number of carbonyl (C=O) groups is 1. The SMILES string of the molecule is COCCOc1cc(Oc2ccc(S(C)(=O)=O)cc2)cc(C(=O)O)c1. The predicted octanol–water partition coefficient (Wildman–Crippen LogP) is 2.61. The summed E-state index contributed by atoms with van der Waals surface area (Å²) in [7, 11) is -1.76. The smallest absolute Gasteiger partial charge is 0.335 e. The normalized spacial score (nSPS) is 11.1. The number of methoxy groups -OCH3 is 1. The molecule has 0 atom stereocenters. The second-order valence-corrected chi connectivity index (χ2v) is 7.20. The molecular formula is C17H18O7S. The van der Waals surface area contributed by atoms with Crippen molar-refractivity contribution in [2.24, 2.45) is 0 Å². The van der Waals surface area contributed by atoms with Gasteiger partial charge >= 0.3 is 5.97 Å². The minimum Gasteiger partial charge on any atom is -0.491 e. The molecule has 0 aliphatic carbocycles. The average molecular weight is 366 g/mol. The standard InChI is InChI=1S/C17H18O7S/c1-22-7-8-23-14-9-12(17(18)19)10-15(11-14)24-13-3-5-16(6-4-13)25(2,20)21/h3-6,9-11H,7-8H2,1-2H3,(H,18,19). The molecule has 0 saturated heterocycles.